The largest absolute Gasteiger partial charge is 0.379 e. The number of thiazole rings is 1. The summed E-state index contributed by atoms with van der Waals surface area (Å²) in [7, 11) is 0. The number of carbonyl (C=O) groups is 1. The highest BCUT2D eigenvalue weighted by atomic mass is 35.5. The molecule has 1 aliphatic heterocycles. The van der Waals surface area contributed by atoms with Gasteiger partial charge < -0.3 is 4.74 Å². The van der Waals surface area contributed by atoms with E-state index in [0.29, 0.717) is 23.1 Å². The van der Waals surface area contributed by atoms with Gasteiger partial charge in [-0.3, -0.25) is 14.6 Å². The molecule has 7 heteroatoms. The summed E-state index contributed by atoms with van der Waals surface area (Å²) in [4.78, 5) is 22.5. The first-order valence-electron chi connectivity index (χ1n) is 10.8. The lowest BCUT2D eigenvalue weighted by Gasteiger charge is -2.29. The molecule has 0 radical (unpaired) electrons. The molecule has 1 aliphatic rings. The standard InChI is InChI=1S/C25H24ClN3O2S/c26-21-9-4-10-22-24(21)27-25(32-22)29(12-11-28-13-15-31-16-14-28)23(30)17-19-7-3-6-18-5-1-2-8-20(18)19/h1-10H,11-17H2. The van der Waals surface area contributed by atoms with Crippen LogP contribution in [0.1, 0.15) is 5.56 Å². The second kappa shape index (κ2) is 9.55. The van der Waals surface area contributed by atoms with Gasteiger partial charge >= 0.3 is 0 Å². The maximum atomic E-state index is 13.6. The highest BCUT2D eigenvalue weighted by Crippen LogP contribution is 2.33. The third-order valence-electron chi connectivity index (χ3n) is 5.86. The molecule has 0 saturated carbocycles. The molecule has 0 aliphatic carbocycles. The molecule has 5 rings (SSSR count). The zero-order valence-corrected chi connectivity index (χ0v) is 19.2. The second-order valence-corrected chi connectivity index (χ2v) is 9.31. The SMILES string of the molecule is O=C(Cc1cccc2ccccc12)N(CCN1CCOCC1)c1nc2c(Cl)cccc2s1. The average molecular weight is 466 g/mol. The monoisotopic (exact) mass is 465 g/mol. The summed E-state index contributed by atoms with van der Waals surface area (Å²) in [6.07, 6.45) is 0.328. The Balaban J connectivity index is 1.44. The van der Waals surface area contributed by atoms with Crippen molar-refractivity contribution < 1.29 is 9.53 Å². The molecule has 164 valence electrons. The molecule has 0 N–H and O–H groups in total. The lowest BCUT2D eigenvalue weighted by Crippen LogP contribution is -2.43. The number of rotatable bonds is 6. The molecule has 1 fully saturated rings. The Bertz CT molecular complexity index is 1250. The Morgan fingerprint density at radius 1 is 1.06 bits per heavy atom. The van der Waals surface area contributed by atoms with Crippen LogP contribution in [0.15, 0.2) is 60.7 Å². The maximum absolute atomic E-state index is 13.6. The minimum absolute atomic E-state index is 0.0461. The van der Waals surface area contributed by atoms with Crippen molar-refractivity contribution in [3.05, 3.63) is 71.2 Å². The van der Waals surface area contributed by atoms with Gasteiger partial charge in [-0.05, 0) is 28.5 Å². The summed E-state index contributed by atoms with van der Waals surface area (Å²) in [5.74, 6) is 0.0461. The van der Waals surface area contributed by atoms with Crippen molar-refractivity contribution in [2.24, 2.45) is 0 Å². The van der Waals surface area contributed by atoms with Gasteiger partial charge in [0.05, 0.1) is 29.4 Å². The Labute approximate surface area is 196 Å². The molecule has 1 aromatic heterocycles. The molecule has 5 nitrogen and oxygen atoms in total. The van der Waals surface area contributed by atoms with Gasteiger partial charge in [0.1, 0.15) is 5.52 Å². The molecule has 0 unspecified atom stereocenters. The number of ether oxygens (including phenoxy) is 1. The topological polar surface area (TPSA) is 45.7 Å². The molecule has 1 amide bonds. The number of halogens is 1. The van der Waals surface area contributed by atoms with Crippen LogP contribution in [-0.2, 0) is 16.0 Å². The Morgan fingerprint density at radius 3 is 2.69 bits per heavy atom. The number of carbonyl (C=O) groups excluding carboxylic acids is 1. The van der Waals surface area contributed by atoms with E-state index in [2.05, 4.69) is 23.1 Å². The normalized spacial score (nSPS) is 14.8. The van der Waals surface area contributed by atoms with Gasteiger partial charge in [0, 0.05) is 26.2 Å². The minimum Gasteiger partial charge on any atom is -0.379 e. The zero-order valence-electron chi connectivity index (χ0n) is 17.7. The maximum Gasteiger partial charge on any atom is 0.233 e. The van der Waals surface area contributed by atoms with E-state index in [1.165, 1.54) is 11.3 Å². The van der Waals surface area contributed by atoms with Crippen LogP contribution in [-0.4, -0.2) is 55.2 Å². The predicted molar refractivity (Wildman–Crippen MR) is 132 cm³/mol. The van der Waals surface area contributed by atoms with Crippen molar-refractivity contribution in [3.63, 3.8) is 0 Å². The molecule has 0 spiro atoms. The van der Waals surface area contributed by atoms with Crippen LogP contribution in [0.4, 0.5) is 5.13 Å². The molecule has 4 aromatic rings. The highest BCUT2D eigenvalue weighted by molar-refractivity contribution is 7.22. The molecule has 2 heterocycles. The van der Waals surface area contributed by atoms with E-state index < -0.39 is 0 Å². The fourth-order valence-corrected chi connectivity index (χ4v) is 5.43. The highest BCUT2D eigenvalue weighted by Gasteiger charge is 2.23. The summed E-state index contributed by atoms with van der Waals surface area (Å²) >= 11 is 7.88. The smallest absolute Gasteiger partial charge is 0.233 e. The number of benzene rings is 3. The summed E-state index contributed by atoms with van der Waals surface area (Å²) in [5, 5.41) is 3.57. The molecule has 0 atom stereocenters. The van der Waals surface area contributed by atoms with Crippen LogP contribution in [0.2, 0.25) is 5.02 Å². The van der Waals surface area contributed by atoms with E-state index in [4.69, 9.17) is 21.3 Å². The van der Waals surface area contributed by atoms with E-state index in [1.807, 2.05) is 47.4 Å². The summed E-state index contributed by atoms with van der Waals surface area (Å²) in [6.45, 7) is 4.62. The van der Waals surface area contributed by atoms with Gasteiger partial charge in [-0.25, -0.2) is 4.98 Å². The third kappa shape index (κ3) is 4.50. The van der Waals surface area contributed by atoms with E-state index in [1.54, 1.807) is 0 Å². The Morgan fingerprint density at radius 2 is 1.84 bits per heavy atom. The first kappa shape index (κ1) is 21.3. The number of aromatic nitrogens is 1. The quantitative estimate of drug-likeness (QED) is 0.401. The lowest BCUT2D eigenvalue weighted by molar-refractivity contribution is -0.118. The number of morpholine rings is 1. The van der Waals surface area contributed by atoms with Crippen LogP contribution in [0, 0.1) is 0 Å². The first-order valence-corrected chi connectivity index (χ1v) is 12.0. The van der Waals surface area contributed by atoms with Gasteiger partial charge in [-0.2, -0.15) is 0 Å². The predicted octanol–water partition coefficient (Wildman–Crippen LogP) is 5.01. The van der Waals surface area contributed by atoms with E-state index >= 15 is 0 Å². The van der Waals surface area contributed by atoms with Crippen molar-refractivity contribution in [3.8, 4) is 0 Å². The molecule has 32 heavy (non-hydrogen) atoms. The van der Waals surface area contributed by atoms with Crippen molar-refractivity contribution in [1.82, 2.24) is 9.88 Å². The van der Waals surface area contributed by atoms with Crippen LogP contribution in [0.25, 0.3) is 21.0 Å². The minimum atomic E-state index is 0.0461. The summed E-state index contributed by atoms with van der Waals surface area (Å²) in [6, 6.07) is 20.1. The Kier molecular flexibility index (Phi) is 6.37. The number of hydrogen-bond donors (Lipinski definition) is 0. The molecule has 0 bridgehead atoms. The number of fused-ring (bicyclic) bond motifs is 2. The average Bonchev–Trinajstić information content (AvgIpc) is 3.25. The Hall–Kier alpha value is -2.51. The van der Waals surface area contributed by atoms with Crippen LogP contribution in [0.3, 0.4) is 0 Å². The van der Waals surface area contributed by atoms with Crippen LogP contribution >= 0.6 is 22.9 Å². The van der Waals surface area contributed by atoms with Crippen molar-refractivity contribution in [2.45, 2.75) is 6.42 Å². The number of para-hydroxylation sites is 1. The van der Waals surface area contributed by atoms with Gasteiger partial charge in [-0.15, -0.1) is 0 Å². The number of anilines is 1. The van der Waals surface area contributed by atoms with Crippen LogP contribution < -0.4 is 4.90 Å². The fourth-order valence-electron chi connectivity index (χ4n) is 4.12. The fraction of sp³-hybridized carbons (Fsp3) is 0.280. The summed E-state index contributed by atoms with van der Waals surface area (Å²) in [5.41, 5.74) is 1.78. The zero-order chi connectivity index (χ0) is 21.9. The number of nitrogens with zero attached hydrogens (tertiary/aromatic N) is 3. The van der Waals surface area contributed by atoms with E-state index in [0.717, 1.165) is 59.4 Å². The van der Waals surface area contributed by atoms with Gasteiger partial charge in [0.15, 0.2) is 5.13 Å². The van der Waals surface area contributed by atoms with Gasteiger partial charge in [-0.1, -0.05) is 71.5 Å². The molecular formula is C25H24ClN3O2S. The summed E-state index contributed by atoms with van der Waals surface area (Å²) < 4.78 is 6.45. The van der Waals surface area contributed by atoms with Gasteiger partial charge in [0.25, 0.3) is 0 Å². The van der Waals surface area contributed by atoms with E-state index in [9.17, 15) is 4.79 Å². The lowest BCUT2D eigenvalue weighted by atomic mass is 10.0. The van der Waals surface area contributed by atoms with Crippen molar-refractivity contribution in [2.75, 3.05) is 44.3 Å². The van der Waals surface area contributed by atoms with Gasteiger partial charge in [0.2, 0.25) is 5.91 Å². The van der Waals surface area contributed by atoms with Crippen LogP contribution in [0.5, 0.6) is 0 Å². The number of hydrogen-bond acceptors (Lipinski definition) is 5. The molecule has 1 saturated heterocycles. The first-order chi connectivity index (χ1) is 15.7. The number of amides is 1. The van der Waals surface area contributed by atoms with E-state index in [-0.39, 0.29) is 5.91 Å². The van der Waals surface area contributed by atoms with Crippen molar-refractivity contribution in [1.29, 1.82) is 0 Å². The molecule has 3 aromatic carbocycles. The second-order valence-electron chi connectivity index (χ2n) is 7.90. The molecular weight excluding hydrogens is 442 g/mol. The third-order valence-corrected chi connectivity index (χ3v) is 7.20. The van der Waals surface area contributed by atoms with Crippen molar-refractivity contribution >= 4 is 55.0 Å².